The molecule has 0 spiro atoms. The van der Waals surface area contributed by atoms with Crippen molar-refractivity contribution in [2.45, 2.75) is 19.1 Å². The van der Waals surface area contributed by atoms with E-state index in [2.05, 4.69) is 10.3 Å². The van der Waals surface area contributed by atoms with E-state index in [0.29, 0.717) is 17.9 Å². The highest BCUT2D eigenvalue weighted by Gasteiger charge is 2.30. The SMILES string of the molecule is COc1ncccc1CNC(=O)[C@@H]1Cc2ccccc2C(=O)O1. The molecule has 118 valence electrons. The first-order valence-corrected chi connectivity index (χ1v) is 7.23. The van der Waals surface area contributed by atoms with Crippen LogP contribution in [0.2, 0.25) is 0 Å². The standard InChI is InChI=1S/C17H16N2O4/c1-22-16-12(6-4-8-18-16)10-19-15(20)14-9-11-5-2-3-7-13(11)17(21)23-14/h2-8,14H,9-10H2,1H3,(H,19,20)/t14-/m0/s1. The summed E-state index contributed by atoms with van der Waals surface area (Å²) >= 11 is 0. The molecule has 0 saturated carbocycles. The van der Waals surface area contributed by atoms with Crippen molar-refractivity contribution in [1.29, 1.82) is 0 Å². The lowest BCUT2D eigenvalue weighted by atomic mass is 9.98. The largest absolute Gasteiger partial charge is 0.481 e. The van der Waals surface area contributed by atoms with Gasteiger partial charge >= 0.3 is 5.97 Å². The number of pyridine rings is 1. The summed E-state index contributed by atoms with van der Waals surface area (Å²) in [7, 11) is 1.52. The number of carbonyl (C=O) groups is 2. The van der Waals surface area contributed by atoms with Crippen molar-refractivity contribution < 1.29 is 19.1 Å². The number of amides is 1. The van der Waals surface area contributed by atoms with Crippen molar-refractivity contribution in [3.8, 4) is 5.88 Å². The molecule has 2 heterocycles. The Hall–Kier alpha value is -2.89. The summed E-state index contributed by atoms with van der Waals surface area (Å²) in [6, 6.07) is 10.7. The minimum atomic E-state index is -0.819. The highest BCUT2D eigenvalue weighted by atomic mass is 16.5. The van der Waals surface area contributed by atoms with Gasteiger partial charge in [-0.1, -0.05) is 24.3 Å². The number of carbonyl (C=O) groups excluding carboxylic acids is 2. The van der Waals surface area contributed by atoms with Crippen LogP contribution in [0.15, 0.2) is 42.6 Å². The molecule has 0 saturated heterocycles. The van der Waals surface area contributed by atoms with Crippen molar-refractivity contribution in [1.82, 2.24) is 10.3 Å². The molecule has 1 aromatic carbocycles. The molecule has 1 aliphatic heterocycles. The Morgan fingerprint density at radius 1 is 1.35 bits per heavy atom. The second kappa shape index (κ2) is 6.48. The quantitative estimate of drug-likeness (QED) is 0.866. The van der Waals surface area contributed by atoms with Crippen LogP contribution in [-0.2, 0) is 22.5 Å². The second-order valence-corrected chi connectivity index (χ2v) is 5.14. The highest BCUT2D eigenvalue weighted by Crippen LogP contribution is 2.21. The van der Waals surface area contributed by atoms with Gasteiger partial charge in [0.15, 0.2) is 6.10 Å². The molecule has 0 fully saturated rings. The molecule has 0 unspecified atom stereocenters. The highest BCUT2D eigenvalue weighted by molar-refractivity contribution is 5.95. The molecule has 6 heteroatoms. The number of fused-ring (bicyclic) bond motifs is 1. The number of ether oxygens (including phenoxy) is 2. The molecule has 0 radical (unpaired) electrons. The maximum atomic E-state index is 12.3. The van der Waals surface area contributed by atoms with Crippen LogP contribution < -0.4 is 10.1 Å². The number of methoxy groups -OCH3 is 1. The third kappa shape index (κ3) is 3.15. The Kier molecular flexibility index (Phi) is 4.23. The predicted molar refractivity (Wildman–Crippen MR) is 82.0 cm³/mol. The number of esters is 1. The topological polar surface area (TPSA) is 77.5 Å². The monoisotopic (exact) mass is 312 g/mol. The van der Waals surface area contributed by atoms with E-state index in [1.165, 1.54) is 7.11 Å². The first kappa shape index (κ1) is 15.0. The fraction of sp³-hybridized carbons (Fsp3) is 0.235. The summed E-state index contributed by atoms with van der Waals surface area (Å²) < 4.78 is 10.4. The minimum Gasteiger partial charge on any atom is -0.481 e. The molecule has 0 aliphatic carbocycles. The van der Waals surface area contributed by atoms with Crippen LogP contribution in [-0.4, -0.2) is 30.1 Å². The third-order valence-corrected chi connectivity index (χ3v) is 3.68. The van der Waals surface area contributed by atoms with Crippen molar-refractivity contribution in [3.05, 3.63) is 59.3 Å². The molecule has 6 nitrogen and oxygen atoms in total. The molecule has 2 aromatic rings. The van der Waals surface area contributed by atoms with Gasteiger partial charge in [-0.15, -0.1) is 0 Å². The Morgan fingerprint density at radius 2 is 2.17 bits per heavy atom. The molecule has 1 atom stereocenters. The Bertz CT molecular complexity index is 745. The van der Waals surface area contributed by atoms with Crippen LogP contribution in [0.1, 0.15) is 21.5 Å². The summed E-state index contributed by atoms with van der Waals surface area (Å²) in [5.74, 6) is -0.344. The Balaban J connectivity index is 1.67. The van der Waals surface area contributed by atoms with E-state index in [4.69, 9.17) is 9.47 Å². The molecule has 1 N–H and O–H groups in total. The van der Waals surface area contributed by atoms with E-state index < -0.39 is 12.1 Å². The zero-order valence-electron chi connectivity index (χ0n) is 12.6. The molecule has 23 heavy (non-hydrogen) atoms. The van der Waals surface area contributed by atoms with Crippen LogP contribution in [0.25, 0.3) is 0 Å². The number of nitrogens with zero attached hydrogens (tertiary/aromatic N) is 1. The van der Waals surface area contributed by atoms with Gasteiger partial charge in [0.05, 0.1) is 12.7 Å². The number of benzene rings is 1. The van der Waals surface area contributed by atoms with Gasteiger partial charge in [0.25, 0.3) is 5.91 Å². The number of hydrogen-bond acceptors (Lipinski definition) is 5. The summed E-state index contributed by atoms with van der Waals surface area (Å²) in [4.78, 5) is 28.3. The molecule has 3 rings (SSSR count). The van der Waals surface area contributed by atoms with E-state index in [9.17, 15) is 9.59 Å². The molecular formula is C17H16N2O4. The number of rotatable bonds is 4. The summed E-state index contributed by atoms with van der Waals surface area (Å²) in [6.07, 6.45) is 1.17. The molecule has 1 aromatic heterocycles. The van der Waals surface area contributed by atoms with Gasteiger partial charge in [-0.2, -0.15) is 0 Å². The van der Waals surface area contributed by atoms with E-state index in [-0.39, 0.29) is 12.5 Å². The second-order valence-electron chi connectivity index (χ2n) is 5.14. The maximum Gasteiger partial charge on any atom is 0.339 e. The fourth-order valence-corrected chi connectivity index (χ4v) is 2.52. The van der Waals surface area contributed by atoms with Crippen molar-refractivity contribution >= 4 is 11.9 Å². The van der Waals surface area contributed by atoms with Crippen LogP contribution in [0.3, 0.4) is 0 Å². The van der Waals surface area contributed by atoms with Gasteiger partial charge in [-0.05, 0) is 17.7 Å². The molecule has 1 aliphatic rings. The van der Waals surface area contributed by atoms with Gasteiger partial charge < -0.3 is 14.8 Å². The van der Waals surface area contributed by atoms with Gasteiger partial charge in [-0.3, -0.25) is 4.79 Å². The summed E-state index contributed by atoms with van der Waals surface area (Å²) in [5, 5.41) is 2.76. The van der Waals surface area contributed by atoms with Gasteiger partial charge in [0.1, 0.15) is 0 Å². The number of aromatic nitrogens is 1. The predicted octanol–water partition coefficient (Wildman–Crippen LogP) is 1.49. The van der Waals surface area contributed by atoms with Crippen LogP contribution in [0, 0.1) is 0 Å². The van der Waals surface area contributed by atoms with E-state index in [1.807, 2.05) is 18.2 Å². The molecule has 1 amide bonds. The lowest BCUT2D eigenvalue weighted by Gasteiger charge is -2.23. The van der Waals surface area contributed by atoms with Gasteiger partial charge in [-0.25, -0.2) is 9.78 Å². The lowest BCUT2D eigenvalue weighted by molar-refractivity contribution is -0.130. The number of nitrogens with one attached hydrogen (secondary N) is 1. The van der Waals surface area contributed by atoms with Crippen LogP contribution in [0.4, 0.5) is 0 Å². The normalized spacial score (nSPS) is 16.2. The zero-order chi connectivity index (χ0) is 16.2. The first-order chi connectivity index (χ1) is 11.2. The number of hydrogen-bond donors (Lipinski definition) is 1. The van der Waals surface area contributed by atoms with Gasteiger partial charge in [0.2, 0.25) is 5.88 Å². The lowest BCUT2D eigenvalue weighted by Crippen LogP contribution is -2.41. The number of cyclic esters (lactones) is 1. The molecular weight excluding hydrogens is 296 g/mol. The maximum absolute atomic E-state index is 12.3. The smallest absolute Gasteiger partial charge is 0.339 e. The zero-order valence-corrected chi connectivity index (χ0v) is 12.6. The van der Waals surface area contributed by atoms with E-state index >= 15 is 0 Å². The van der Waals surface area contributed by atoms with Crippen LogP contribution in [0.5, 0.6) is 5.88 Å². The van der Waals surface area contributed by atoms with Crippen molar-refractivity contribution in [3.63, 3.8) is 0 Å². The first-order valence-electron chi connectivity index (χ1n) is 7.23. The Morgan fingerprint density at radius 3 is 3.00 bits per heavy atom. The fourth-order valence-electron chi connectivity index (χ4n) is 2.52. The average molecular weight is 312 g/mol. The van der Waals surface area contributed by atoms with Crippen LogP contribution >= 0.6 is 0 Å². The third-order valence-electron chi connectivity index (χ3n) is 3.68. The summed E-state index contributed by atoms with van der Waals surface area (Å²) in [6.45, 7) is 0.255. The Labute approximate surface area is 133 Å². The van der Waals surface area contributed by atoms with E-state index in [1.54, 1.807) is 24.4 Å². The van der Waals surface area contributed by atoms with Gasteiger partial charge in [0, 0.05) is 24.7 Å². The van der Waals surface area contributed by atoms with Crippen molar-refractivity contribution in [2.75, 3.05) is 7.11 Å². The van der Waals surface area contributed by atoms with E-state index in [0.717, 1.165) is 11.1 Å². The van der Waals surface area contributed by atoms with Crippen molar-refractivity contribution in [2.24, 2.45) is 0 Å². The molecule has 0 bridgehead atoms. The minimum absolute atomic E-state index is 0.255. The average Bonchev–Trinajstić information content (AvgIpc) is 2.59. The summed E-state index contributed by atoms with van der Waals surface area (Å²) in [5.41, 5.74) is 2.10.